The van der Waals surface area contributed by atoms with E-state index in [1.807, 2.05) is 18.2 Å². The van der Waals surface area contributed by atoms with Crippen molar-refractivity contribution in [1.82, 2.24) is 24.1 Å². The molecule has 0 aliphatic heterocycles. The molecule has 67 heavy (non-hydrogen) atoms. The number of para-hydroxylation sites is 5. The molecule has 0 saturated carbocycles. The molecule has 312 valence electrons. The highest BCUT2D eigenvalue weighted by atomic mass is 16.3. The zero-order chi connectivity index (χ0) is 44.0. The zero-order valence-corrected chi connectivity index (χ0v) is 36.0. The summed E-state index contributed by atoms with van der Waals surface area (Å²) in [5.41, 5.74) is 12.8. The minimum atomic E-state index is 0.559. The van der Waals surface area contributed by atoms with Gasteiger partial charge in [0.05, 0.1) is 27.8 Å². The molecule has 10 aromatic carbocycles. The second-order valence-electron chi connectivity index (χ2n) is 17.2. The number of aromatic nitrogens is 5. The monoisotopic (exact) mass is 855 g/mol. The molecule has 0 aliphatic carbocycles. The van der Waals surface area contributed by atoms with E-state index in [-0.39, 0.29) is 0 Å². The average Bonchev–Trinajstić information content (AvgIpc) is 4.06. The van der Waals surface area contributed by atoms with Crippen LogP contribution in [0.3, 0.4) is 0 Å². The molecule has 0 atom stereocenters. The van der Waals surface area contributed by atoms with Crippen molar-refractivity contribution in [3.05, 3.63) is 224 Å². The van der Waals surface area contributed by atoms with E-state index in [2.05, 4.69) is 215 Å². The van der Waals surface area contributed by atoms with Gasteiger partial charge < -0.3 is 13.6 Å². The van der Waals surface area contributed by atoms with Gasteiger partial charge in [0.15, 0.2) is 23.1 Å². The fraction of sp³-hybridized carbons (Fsp3) is 0. The van der Waals surface area contributed by atoms with Gasteiger partial charge in [0.1, 0.15) is 5.58 Å². The van der Waals surface area contributed by atoms with Crippen LogP contribution >= 0.6 is 0 Å². The smallest absolute Gasteiger partial charge is 0.166 e. The lowest BCUT2D eigenvalue weighted by Crippen LogP contribution is -2.03. The van der Waals surface area contributed by atoms with Gasteiger partial charge >= 0.3 is 0 Å². The van der Waals surface area contributed by atoms with Gasteiger partial charge in [-0.25, -0.2) is 15.0 Å². The Morgan fingerprint density at radius 3 is 1.72 bits per heavy atom. The summed E-state index contributed by atoms with van der Waals surface area (Å²) in [7, 11) is 0. The van der Waals surface area contributed by atoms with E-state index in [4.69, 9.17) is 19.4 Å². The van der Waals surface area contributed by atoms with Crippen molar-refractivity contribution in [3.8, 4) is 56.7 Å². The predicted molar refractivity (Wildman–Crippen MR) is 275 cm³/mol. The van der Waals surface area contributed by atoms with Crippen molar-refractivity contribution < 1.29 is 4.42 Å². The van der Waals surface area contributed by atoms with Crippen LogP contribution in [0.2, 0.25) is 0 Å². The van der Waals surface area contributed by atoms with Gasteiger partial charge in [-0.2, -0.15) is 0 Å². The highest BCUT2D eigenvalue weighted by Gasteiger charge is 2.24. The summed E-state index contributed by atoms with van der Waals surface area (Å²) in [6.07, 6.45) is 0. The lowest BCUT2D eigenvalue weighted by atomic mass is 10.0. The van der Waals surface area contributed by atoms with Gasteiger partial charge in [0, 0.05) is 54.7 Å². The molecule has 0 bridgehead atoms. The normalized spacial score (nSPS) is 11.9. The fourth-order valence-electron chi connectivity index (χ4n) is 10.3. The van der Waals surface area contributed by atoms with E-state index in [1.165, 1.54) is 21.5 Å². The van der Waals surface area contributed by atoms with Crippen LogP contribution in [0.25, 0.3) is 133 Å². The Labute approximate surface area is 384 Å². The molecular formula is C61H37N5O. The molecule has 0 unspecified atom stereocenters. The number of furan rings is 1. The highest BCUT2D eigenvalue weighted by molar-refractivity contribution is 6.17. The number of nitrogens with zero attached hydrogens (tertiary/aromatic N) is 5. The standard InChI is InChI=1S/C61H37N5O/c1-3-17-38(18-4-1)39-21-15-22-42(33-39)59-62-60(64-61(63-59)49-29-16-28-48-45-25-9-12-30-52(45)65(57(48)49)44-23-5-2-6-24-44)43-35-51-47-27-11-14-32-56(47)67-58(51)55(37-43)66-53-31-13-10-26-46(53)50-34-40-19-7-8-20-41(40)36-54(50)66/h1-37H. The first-order valence-electron chi connectivity index (χ1n) is 22.6. The van der Waals surface area contributed by atoms with Crippen molar-refractivity contribution in [2.75, 3.05) is 0 Å². The highest BCUT2D eigenvalue weighted by Crippen LogP contribution is 2.43. The van der Waals surface area contributed by atoms with Crippen LogP contribution in [0, 0.1) is 0 Å². The van der Waals surface area contributed by atoms with Crippen LogP contribution in [0.1, 0.15) is 0 Å². The Morgan fingerprint density at radius 1 is 0.328 bits per heavy atom. The van der Waals surface area contributed by atoms with Gasteiger partial charge in [0.25, 0.3) is 0 Å². The number of benzene rings is 10. The Balaban J connectivity index is 1.08. The molecule has 6 nitrogen and oxygen atoms in total. The maximum Gasteiger partial charge on any atom is 0.166 e. The zero-order valence-electron chi connectivity index (χ0n) is 36.0. The number of hydrogen-bond acceptors (Lipinski definition) is 4. The lowest BCUT2D eigenvalue weighted by Gasteiger charge is -2.14. The third-order valence-electron chi connectivity index (χ3n) is 13.3. The van der Waals surface area contributed by atoms with Crippen molar-refractivity contribution >= 4 is 76.3 Å². The summed E-state index contributed by atoms with van der Waals surface area (Å²) >= 11 is 0. The molecule has 0 fully saturated rings. The van der Waals surface area contributed by atoms with Crippen LogP contribution in [-0.4, -0.2) is 24.1 Å². The van der Waals surface area contributed by atoms with E-state index >= 15 is 0 Å². The second-order valence-corrected chi connectivity index (χ2v) is 17.2. The van der Waals surface area contributed by atoms with E-state index in [0.29, 0.717) is 17.5 Å². The first-order valence-corrected chi connectivity index (χ1v) is 22.6. The second kappa shape index (κ2) is 14.7. The summed E-state index contributed by atoms with van der Waals surface area (Å²) in [6, 6.07) is 79.1. The fourth-order valence-corrected chi connectivity index (χ4v) is 10.3. The Hall–Kier alpha value is -9.13. The van der Waals surface area contributed by atoms with Crippen molar-refractivity contribution in [2.24, 2.45) is 0 Å². The maximum absolute atomic E-state index is 6.88. The molecule has 14 rings (SSSR count). The average molecular weight is 856 g/mol. The third-order valence-corrected chi connectivity index (χ3v) is 13.3. The molecule has 4 heterocycles. The first-order chi connectivity index (χ1) is 33.2. The summed E-state index contributed by atoms with van der Waals surface area (Å²) in [5, 5.41) is 9.00. The molecule has 0 N–H and O–H groups in total. The van der Waals surface area contributed by atoms with Crippen molar-refractivity contribution in [3.63, 3.8) is 0 Å². The molecule has 4 aromatic heterocycles. The number of hydrogen-bond donors (Lipinski definition) is 0. The Bertz CT molecular complexity index is 4280. The largest absolute Gasteiger partial charge is 0.454 e. The molecule has 0 spiro atoms. The molecule has 6 heteroatoms. The first kappa shape index (κ1) is 37.3. The minimum Gasteiger partial charge on any atom is -0.454 e. The van der Waals surface area contributed by atoms with E-state index < -0.39 is 0 Å². The molecule has 14 aromatic rings. The molecule has 0 aliphatic rings. The molecule has 0 amide bonds. The van der Waals surface area contributed by atoms with Crippen molar-refractivity contribution in [2.45, 2.75) is 0 Å². The summed E-state index contributed by atoms with van der Waals surface area (Å²) in [6.45, 7) is 0. The van der Waals surface area contributed by atoms with Crippen LogP contribution in [0.4, 0.5) is 0 Å². The topological polar surface area (TPSA) is 61.7 Å². The Morgan fingerprint density at radius 2 is 0.910 bits per heavy atom. The predicted octanol–water partition coefficient (Wildman–Crippen LogP) is 15.8. The minimum absolute atomic E-state index is 0.559. The summed E-state index contributed by atoms with van der Waals surface area (Å²) in [4.78, 5) is 16.4. The van der Waals surface area contributed by atoms with E-state index in [1.54, 1.807) is 0 Å². The van der Waals surface area contributed by atoms with E-state index in [9.17, 15) is 0 Å². The van der Waals surface area contributed by atoms with Gasteiger partial charge in [-0.1, -0.05) is 158 Å². The van der Waals surface area contributed by atoms with Gasteiger partial charge in [-0.15, -0.1) is 0 Å². The number of fused-ring (bicyclic) bond motifs is 10. The van der Waals surface area contributed by atoms with E-state index in [0.717, 1.165) is 94.0 Å². The molecule has 0 radical (unpaired) electrons. The number of rotatable bonds is 6. The lowest BCUT2D eigenvalue weighted by molar-refractivity contribution is 0.666. The maximum atomic E-state index is 6.88. The van der Waals surface area contributed by atoms with Crippen LogP contribution < -0.4 is 0 Å². The van der Waals surface area contributed by atoms with Crippen LogP contribution in [0.15, 0.2) is 229 Å². The SMILES string of the molecule is c1ccc(-c2cccc(-c3nc(-c4cc(-n5c6ccccc6c6cc7ccccc7cc65)c5oc6ccccc6c5c4)nc(-c4cccc5c6ccccc6n(-c6ccccc6)c45)n3)c2)cc1. The van der Waals surface area contributed by atoms with Gasteiger partial charge in [-0.3, -0.25) is 0 Å². The van der Waals surface area contributed by atoms with Crippen LogP contribution in [-0.2, 0) is 0 Å². The Kier molecular flexibility index (Phi) is 8.18. The molecular weight excluding hydrogens is 819 g/mol. The quantitative estimate of drug-likeness (QED) is 0.167. The summed E-state index contributed by atoms with van der Waals surface area (Å²) in [5.74, 6) is 1.72. The van der Waals surface area contributed by atoms with Crippen molar-refractivity contribution in [1.29, 1.82) is 0 Å². The molecule has 0 saturated heterocycles. The third kappa shape index (κ3) is 5.86. The van der Waals surface area contributed by atoms with Gasteiger partial charge in [-0.05, 0) is 88.6 Å². The van der Waals surface area contributed by atoms with Crippen LogP contribution in [0.5, 0.6) is 0 Å². The van der Waals surface area contributed by atoms with Gasteiger partial charge in [0.2, 0.25) is 0 Å². The summed E-state index contributed by atoms with van der Waals surface area (Å²) < 4.78 is 11.6.